The van der Waals surface area contributed by atoms with Gasteiger partial charge in [-0.2, -0.15) is 0 Å². The van der Waals surface area contributed by atoms with E-state index in [1.165, 1.54) is 17.0 Å². The number of amides is 2. The van der Waals surface area contributed by atoms with Crippen LogP contribution in [0, 0.1) is 5.82 Å². The maximum atomic E-state index is 13.2. The van der Waals surface area contributed by atoms with Crippen LogP contribution in [0.3, 0.4) is 0 Å². The van der Waals surface area contributed by atoms with Crippen LogP contribution in [0.25, 0.3) is 0 Å². The zero-order chi connectivity index (χ0) is 19.1. The van der Waals surface area contributed by atoms with Crippen LogP contribution >= 0.6 is 11.6 Å². The Balaban J connectivity index is 2.29. The fraction of sp³-hybridized carbons (Fsp3) is 0.300. The molecule has 0 aromatic heterocycles. The lowest BCUT2D eigenvalue weighted by molar-refractivity contribution is -0.140. The first-order valence-corrected chi connectivity index (χ1v) is 8.83. The van der Waals surface area contributed by atoms with Crippen LogP contribution in [-0.2, 0) is 22.6 Å². The molecular formula is C20H22ClFN2O2. The number of carbonyl (C=O) groups is 2. The molecule has 2 rings (SSSR count). The van der Waals surface area contributed by atoms with E-state index in [-0.39, 0.29) is 30.6 Å². The Bertz CT molecular complexity index is 765. The van der Waals surface area contributed by atoms with E-state index in [9.17, 15) is 14.0 Å². The zero-order valence-corrected chi connectivity index (χ0v) is 15.6. The van der Waals surface area contributed by atoms with Crippen LogP contribution in [0.4, 0.5) is 4.39 Å². The van der Waals surface area contributed by atoms with E-state index in [0.717, 1.165) is 5.56 Å². The van der Waals surface area contributed by atoms with Gasteiger partial charge in [-0.3, -0.25) is 9.59 Å². The smallest absolute Gasteiger partial charge is 0.242 e. The molecule has 2 aromatic rings. The van der Waals surface area contributed by atoms with Gasteiger partial charge in [0.15, 0.2) is 0 Å². The molecule has 0 aliphatic carbocycles. The third kappa shape index (κ3) is 5.05. The van der Waals surface area contributed by atoms with Crippen molar-refractivity contribution in [3.63, 3.8) is 0 Å². The summed E-state index contributed by atoms with van der Waals surface area (Å²) in [5.74, 6) is -0.791. The minimum Gasteiger partial charge on any atom is -0.357 e. The highest BCUT2D eigenvalue weighted by Gasteiger charge is 2.28. The predicted octanol–water partition coefficient (Wildman–Crippen LogP) is 3.58. The van der Waals surface area contributed by atoms with Crippen molar-refractivity contribution in [3.8, 4) is 0 Å². The van der Waals surface area contributed by atoms with E-state index in [2.05, 4.69) is 5.32 Å². The van der Waals surface area contributed by atoms with Crippen LogP contribution in [0.2, 0.25) is 5.02 Å². The van der Waals surface area contributed by atoms with Gasteiger partial charge in [0.1, 0.15) is 11.9 Å². The van der Waals surface area contributed by atoms with Crippen LogP contribution in [0.5, 0.6) is 0 Å². The number of rotatable bonds is 7. The fourth-order valence-electron chi connectivity index (χ4n) is 2.78. The Labute approximate surface area is 158 Å². The van der Waals surface area contributed by atoms with Gasteiger partial charge in [-0.15, -0.1) is 0 Å². The first-order chi connectivity index (χ1) is 12.5. The van der Waals surface area contributed by atoms with Crippen molar-refractivity contribution >= 4 is 23.4 Å². The number of halogens is 2. The molecule has 0 bridgehead atoms. The lowest BCUT2D eigenvalue weighted by Gasteiger charge is -2.30. The molecule has 0 saturated heterocycles. The summed E-state index contributed by atoms with van der Waals surface area (Å²) in [6, 6.07) is 12.4. The summed E-state index contributed by atoms with van der Waals surface area (Å²) >= 11 is 6.16. The third-order valence-electron chi connectivity index (χ3n) is 4.20. The Hall–Kier alpha value is -2.40. The van der Waals surface area contributed by atoms with E-state index < -0.39 is 6.04 Å². The number of benzene rings is 2. The summed E-state index contributed by atoms with van der Waals surface area (Å²) in [4.78, 5) is 26.8. The van der Waals surface area contributed by atoms with Crippen molar-refractivity contribution in [2.45, 2.75) is 32.4 Å². The van der Waals surface area contributed by atoms with Gasteiger partial charge in [-0.25, -0.2) is 4.39 Å². The summed E-state index contributed by atoms with van der Waals surface area (Å²) in [5.41, 5.74) is 1.45. The minimum absolute atomic E-state index is 0.0916. The summed E-state index contributed by atoms with van der Waals surface area (Å²) in [6.45, 7) is 2.07. The number of likely N-dealkylation sites (N-methyl/N-ethyl adjacent to an activating group) is 1. The highest BCUT2D eigenvalue weighted by Crippen LogP contribution is 2.19. The monoisotopic (exact) mass is 376 g/mol. The second kappa shape index (κ2) is 9.34. The molecule has 0 fully saturated rings. The SMILES string of the molecule is CC[C@@H](C(=O)NC)N(Cc1ccc(F)cc1)C(=O)Cc1ccccc1Cl. The Morgan fingerprint density at radius 3 is 2.38 bits per heavy atom. The largest absolute Gasteiger partial charge is 0.357 e. The normalized spacial score (nSPS) is 11.7. The molecule has 6 heteroatoms. The average molecular weight is 377 g/mol. The molecule has 4 nitrogen and oxygen atoms in total. The molecule has 0 spiro atoms. The molecule has 0 saturated carbocycles. The molecule has 26 heavy (non-hydrogen) atoms. The minimum atomic E-state index is -0.611. The second-order valence-corrected chi connectivity index (χ2v) is 6.36. The zero-order valence-electron chi connectivity index (χ0n) is 14.8. The Morgan fingerprint density at radius 2 is 1.81 bits per heavy atom. The predicted molar refractivity (Wildman–Crippen MR) is 100 cm³/mol. The van der Waals surface area contributed by atoms with Crippen molar-refractivity contribution in [2.24, 2.45) is 0 Å². The van der Waals surface area contributed by atoms with E-state index in [1.807, 2.05) is 13.0 Å². The summed E-state index contributed by atoms with van der Waals surface area (Å²) < 4.78 is 13.2. The van der Waals surface area contributed by atoms with Crippen molar-refractivity contribution in [2.75, 3.05) is 7.05 Å². The van der Waals surface area contributed by atoms with Gasteiger partial charge in [-0.05, 0) is 35.7 Å². The van der Waals surface area contributed by atoms with Crippen molar-refractivity contribution in [1.82, 2.24) is 10.2 Å². The van der Waals surface area contributed by atoms with Gasteiger partial charge in [-0.1, -0.05) is 48.9 Å². The average Bonchev–Trinajstić information content (AvgIpc) is 2.64. The van der Waals surface area contributed by atoms with Crippen molar-refractivity contribution in [3.05, 3.63) is 70.5 Å². The van der Waals surface area contributed by atoms with Crippen LogP contribution in [0.15, 0.2) is 48.5 Å². The van der Waals surface area contributed by atoms with Gasteiger partial charge >= 0.3 is 0 Å². The maximum Gasteiger partial charge on any atom is 0.242 e. The summed E-state index contributed by atoms with van der Waals surface area (Å²) in [6.07, 6.45) is 0.559. The molecule has 2 amide bonds. The molecule has 0 heterocycles. The van der Waals surface area contributed by atoms with Gasteiger partial charge in [0.25, 0.3) is 0 Å². The number of nitrogens with zero attached hydrogens (tertiary/aromatic N) is 1. The Morgan fingerprint density at radius 1 is 1.15 bits per heavy atom. The third-order valence-corrected chi connectivity index (χ3v) is 4.57. The van der Waals surface area contributed by atoms with Crippen LogP contribution in [-0.4, -0.2) is 29.8 Å². The molecule has 0 aliphatic rings. The van der Waals surface area contributed by atoms with Gasteiger partial charge in [0.2, 0.25) is 11.8 Å². The highest BCUT2D eigenvalue weighted by molar-refractivity contribution is 6.31. The van der Waals surface area contributed by atoms with Crippen LogP contribution < -0.4 is 5.32 Å². The molecule has 1 atom stereocenters. The quantitative estimate of drug-likeness (QED) is 0.803. The molecule has 1 N–H and O–H groups in total. The first kappa shape index (κ1) is 19.9. The van der Waals surface area contributed by atoms with Gasteiger partial charge < -0.3 is 10.2 Å². The summed E-state index contributed by atoms with van der Waals surface area (Å²) in [7, 11) is 1.54. The van der Waals surface area contributed by atoms with Gasteiger partial charge in [0.05, 0.1) is 6.42 Å². The lowest BCUT2D eigenvalue weighted by Crippen LogP contribution is -2.48. The van der Waals surface area contributed by atoms with Gasteiger partial charge in [0, 0.05) is 18.6 Å². The maximum absolute atomic E-state index is 13.2. The fourth-order valence-corrected chi connectivity index (χ4v) is 2.98. The topological polar surface area (TPSA) is 49.4 Å². The molecule has 2 aromatic carbocycles. The van der Waals surface area contributed by atoms with E-state index in [4.69, 9.17) is 11.6 Å². The molecule has 0 radical (unpaired) electrons. The number of nitrogens with one attached hydrogen (secondary N) is 1. The van der Waals surface area contributed by atoms with E-state index >= 15 is 0 Å². The standard InChI is InChI=1S/C20H22ClFN2O2/c1-3-18(20(26)23-2)24(13-14-8-10-16(22)11-9-14)19(25)12-15-6-4-5-7-17(15)21/h4-11,18H,3,12-13H2,1-2H3,(H,23,26)/t18-/m0/s1. The van der Waals surface area contributed by atoms with Crippen molar-refractivity contribution < 1.29 is 14.0 Å². The molecule has 0 aliphatic heterocycles. The van der Waals surface area contributed by atoms with E-state index in [1.54, 1.807) is 37.4 Å². The number of hydrogen-bond donors (Lipinski definition) is 1. The number of carbonyl (C=O) groups excluding carboxylic acids is 2. The second-order valence-electron chi connectivity index (χ2n) is 5.95. The first-order valence-electron chi connectivity index (χ1n) is 8.45. The molecule has 138 valence electrons. The Kier molecular flexibility index (Phi) is 7.16. The van der Waals surface area contributed by atoms with Crippen molar-refractivity contribution in [1.29, 1.82) is 0 Å². The van der Waals surface area contributed by atoms with E-state index in [0.29, 0.717) is 17.0 Å². The molecular weight excluding hydrogens is 355 g/mol. The number of hydrogen-bond acceptors (Lipinski definition) is 2. The van der Waals surface area contributed by atoms with Crippen LogP contribution in [0.1, 0.15) is 24.5 Å². The lowest BCUT2D eigenvalue weighted by atomic mass is 10.1. The molecule has 0 unspecified atom stereocenters. The summed E-state index contributed by atoms with van der Waals surface area (Å²) in [5, 5.41) is 3.11. The highest BCUT2D eigenvalue weighted by atomic mass is 35.5.